The van der Waals surface area contributed by atoms with E-state index in [0.717, 1.165) is 111 Å². The number of amides is 2. The quantitative estimate of drug-likeness (QED) is 0.0361. The summed E-state index contributed by atoms with van der Waals surface area (Å²) in [6.45, 7) is 28.5. The van der Waals surface area contributed by atoms with Crippen molar-refractivity contribution in [2.75, 3.05) is 13.2 Å². The summed E-state index contributed by atoms with van der Waals surface area (Å²) in [5.74, 6) is 20.3. The van der Waals surface area contributed by atoms with Gasteiger partial charge in [0, 0.05) is 25.7 Å². The van der Waals surface area contributed by atoms with Gasteiger partial charge in [-0.1, -0.05) is 143 Å². The van der Waals surface area contributed by atoms with Gasteiger partial charge in [-0.3, -0.25) is 0 Å². The number of alkyl carbamates (subject to hydrolysis) is 2. The van der Waals surface area contributed by atoms with Gasteiger partial charge in [0.25, 0.3) is 0 Å². The molecular formula is C72H112N2O8. The lowest BCUT2D eigenvalue weighted by Gasteiger charge is -2.58. The van der Waals surface area contributed by atoms with Crippen LogP contribution in [0.15, 0.2) is 23.3 Å². The van der Waals surface area contributed by atoms with E-state index in [1.54, 1.807) is 13.8 Å². The minimum atomic E-state index is -0.814. The van der Waals surface area contributed by atoms with Gasteiger partial charge in [-0.15, -0.1) is 0 Å². The van der Waals surface area contributed by atoms with Gasteiger partial charge in [0.1, 0.15) is 24.3 Å². The van der Waals surface area contributed by atoms with Crippen LogP contribution in [0, 0.1) is 116 Å². The zero-order chi connectivity index (χ0) is 59.0. The van der Waals surface area contributed by atoms with Gasteiger partial charge in [-0.05, 0) is 221 Å². The molecule has 0 saturated heterocycles. The standard InChI is InChI=1S/C72H112N2O8/c1-47(2)23-21-25-49(5)59-31-33-61-57-29-27-53-45-55(35-39-69(53,9)63(57)37-41-71(59,61)11)81-65(75)51(7)73-67(77)79-43-19-17-15-13-14-16-18-20-44-80-68(78)74-52(8)66(76)82-56-36-40-70(10)54(46-56)28-30-58-62-34-32-60(50(6)26-22-24-48(3)4)72(62,12)42-38-64(58)70/h27-28,47-52,55-64H,17-26,29-46H2,1-12H3,(H,73,77)(H,74,78)/t49-,50-,51+,52+,55+,56+,57+,58+,59-,60-,61+,62+,63+,64+,69+,70+,71-,72-/m1/s1. The van der Waals surface area contributed by atoms with Crippen molar-refractivity contribution in [1.29, 1.82) is 0 Å². The van der Waals surface area contributed by atoms with Crippen LogP contribution in [0.1, 0.15) is 250 Å². The molecule has 0 aromatic carbocycles. The number of allylic oxidation sites excluding steroid dienone is 2. The first kappa shape index (κ1) is 64.1. The lowest BCUT2D eigenvalue weighted by molar-refractivity contribution is -0.154. The van der Waals surface area contributed by atoms with Crippen molar-refractivity contribution in [3.63, 3.8) is 0 Å². The maximum Gasteiger partial charge on any atom is 0.407 e. The largest absolute Gasteiger partial charge is 0.461 e. The highest BCUT2D eigenvalue weighted by Gasteiger charge is 2.61. The van der Waals surface area contributed by atoms with E-state index in [0.29, 0.717) is 48.3 Å². The predicted octanol–water partition coefficient (Wildman–Crippen LogP) is 16.7. The molecule has 0 spiro atoms. The van der Waals surface area contributed by atoms with Gasteiger partial charge < -0.3 is 29.6 Å². The van der Waals surface area contributed by atoms with Crippen LogP contribution >= 0.6 is 0 Å². The molecular weight excluding hydrogens is 1020 g/mol. The number of hydrogen-bond acceptors (Lipinski definition) is 8. The first-order valence-electron chi connectivity index (χ1n) is 33.7. The molecule has 6 fully saturated rings. The van der Waals surface area contributed by atoms with Crippen LogP contribution in [0.25, 0.3) is 0 Å². The molecule has 0 aliphatic heterocycles. The number of esters is 2. The third-order valence-electron chi connectivity index (χ3n) is 24.1. The van der Waals surface area contributed by atoms with Crippen LogP contribution < -0.4 is 10.6 Å². The Bertz CT molecular complexity index is 2240. The predicted molar refractivity (Wildman–Crippen MR) is 328 cm³/mol. The maximum atomic E-state index is 13.2. The maximum absolute atomic E-state index is 13.2. The smallest absolute Gasteiger partial charge is 0.407 e. The number of carbonyl (C=O) groups excluding carboxylic acids is 4. The van der Waals surface area contributed by atoms with Crippen LogP contribution in [-0.4, -0.2) is 61.6 Å². The van der Waals surface area contributed by atoms with Crippen LogP contribution in [0.4, 0.5) is 9.59 Å². The number of hydrogen-bond donors (Lipinski definition) is 2. The van der Waals surface area contributed by atoms with Crippen molar-refractivity contribution >= 4 is 24.1 Å². The lowest BCUT2D eigenvalue weighted by atomic mass is 9.47. The van der Waals surface area contributed by atoms with Gasteiger partial charge in [-0.25, -0.2) is 19.2 Å². The van der Waals surface area contributed by atoms with Gasteiger partial charge in [0.15, 0.2) is 0 Å². The van der Waals surface area contributed by atoms with Crippen LogP contribution in [0.2, 0.25) is 0 Å². The summed E-state index contributed by atoms with van der Waals surface area (Å²) in [5.41, 5.74) is 4.26. The minimum absolute atomic E-state index is 0.166. The zero-order valence-electron chi connectivity index (χ0n) is 53.5. The Balaban J connectivity index is 0.653. The van der Waals surface area contributed by atoms with Crippen molar-refractivity contribution in [2.24, 2.45) is 92.7 Å². The normalized spacial score (nSPS) is 35.7. The second-order valence-electron chi connectivity index (χ2n) is 30.0. The number of carbonyl (C=O) groups is 4. The van der Waals surface area contributed by atoms with Crippen LogP contribution in [-0.2, 0) is 28.5 Å². The number of unbranched alkanes of at least 4 members (excludes halogenated alkanes) is 2. The fourth-order valence-electron chi connectivity index (χ4n) is 19.5. The summed E-state index contributed by atoms with van der Waals surface area (Å²) in [5, 5.41) is 5.31. The summed E-state index contributed by atoms with van der Waals surface area (Å²) >= 11 is 0. The van der Waals surface area contributed by atoms with Crippen molar-refractivity contribution in [3.8, 4) is 23.7 Å². The molecule has 0 heterocycles. The summed E-state index contributed by atoms with van der Waals surface area (Å²) in [6, 6.07) is -1.63. The highest BCUT2D eigenvalue weighted by Crippen LogP contribution is 2.69. The Hall–Kier alpha value is -3.92. The van der Waals surface area contributed by atoms with E-state index >= 15 is 0 Å². The molecule has 0 aromatic heterocycles. The third kappa shape index (κ3) is 14.7. The monoisotopic (exact) mass is 1130 g/mol. The Kier molecular flexibility index (Phi) is 21.9. The van der Waals surface area contributed by atoms with Crippen molar-refractivity contribution in [2.45, 2.75) is 274 Å². The number of rotatable bonds is 22. The lowest BCUT2D eigenvalue weighted by Crippen LogP contribution is -2.51. The molecule has 8 aliphatic rings. The number of fused-ring (bicyclic) bond motifs is 10. The molecule has 2 N–H and O–H groups in total. The van der Waals surface area contributed by atoms with Gasteiger partial charge in [0.2, 0.25) is 0 Å². The summed E-state index contributed by atoms with van der Waals surface area (Å²) in [6.07, 6.45) is 32.3. The molecule has 0 aromatic rings. The Morgan fingerprint density at radius 2 is 0.915 bits per heavy atom. The average Bonchev–Trinajstić information content (AvgIpc) is 2.26. The SMILES string of the molecule is CC(C)CCC[C@@H](C)[C@H]1CC[C@H]2[C@@H]3CC=C4C[C@@H](OC(=O)[C@H](C)NC(=O)OCCCC#CC#CCCCOC(=O)N[C@@H](C)C(=O)O[C@H]5CC[C@@]6(C)C(=CC[C@H]7[C@@H]8CC[C@H]([C@H](C)CCCC(C)C)[C@@]8(C)CC[C@@H]76)C5)CC[C@]4(C)[C@H]3CC[C@]12C. The topological polar surface area (TPSA) is 129 Å². The number of nitrogens with one attached hydrogen (secondary N) is 2. The fourth-order valence-corrected chi connectivity index (χ4v) is 19.5. The first-order valence-corrected chi connectivity index (χ1v) is 33.7. The second-order valence-corrected chi connectivity index (χ2v) is 30.0. The van der Waals surface area contributed by atoms with E-state index in [-0.39, 0.29) is 36.3 Å². The Labute approximate surface area is 497 Å². The van der Waals surface area contributed by atoms with Crippen LogP contribution in [0.3, 0.4) is 0 Å². The summed E-state index contributed by atoms with van der Waals surface area (Å²) in [4.78, 5) is 51.6. The number of ether oxygens (including phenoxy) is 4. The Morgan fingerprint density at radius 3 is 1.30 bits per heavy atom. The fraction of sp³-hybridized carbons (Fsp3) is 0.833. The third-order valence-corrected chi connectivity index (χ3v) is 24.1. The molecule has 10 heteroatoms. The highest BCUT2D eigenvalue weighted by atomic mass is 16.6. The van der Waals surface area contributed by atoms with Crippen molar-refractivity contribution in [1.82, 2.24) is 10.6 Å². The summed E-state index contributed by atoms with van der Waals surface area (Å²) < 4.78 is 22.8. The highest BCUT2D eigenvalue weighted by molar-refractivity contribution is 5.81. The molecule has 0 radical (unpaired) electrons. The van der Waals surface area contributed by atoms with E-state index in [2.05, 4.69) is 116 Å². The van der Waals surface area contributed by atoms with Crippen molar-refractivity contribution in [3.05, 3.63) is 23.3 Å². The van der Waals surface area contributed by atoms with E-state index in [9.17, 15) is 19.2 Å². The van der Waals surface area contributed by atoms with Gasteiger partial charge >= 0.3 is 24.1 Å². The molecule has 0 unspecified atom stereocenters. The van der Waals surface area contributed by atoms with E-state index in [4.69, 9.17) is 18.9 Å². The molecule has 6 saturated carbocycles. The molecule has 8 aliphatic carbocycles. The van der Waals surface area contributed by atoms with Gasteiger partial charge in [-0.2, -0.15) is 0 Å². The van der Waals surface area contributed by atoms with Crippen LogP contribution in [0.5, 0.6) is 0 Å². The van der Waals surface area contributed by atoms with E-state index in [1.165, 1.54) is 101 Å². The first-order chi connectivity index (χ1) is 39.1. The molecule has 10 nitrogen and oxygen atoms in total. The van der Waals surface area contributed by atoms with E-state index < -0.39 is 36.2 Å². The summed E-state index contributed by atoms with van der Waals surface area (Å²) in [7, 11) is 0. The Morgan fingerprint density at radius 1 is 0.512 bits per heavy atom. The molecule has 0 bridgehead atoms. The minimum Gasteiger partial charge on any atom is -0.461 e. The molecule has 18 atom stereocenters. The molecule has 82 heavy (non-hydrogen) atoms. The molecule has 458 valence electrons. The molecule has 2 amide bonds. The van der Waals surface area contributed by atoms with Crippen molar-refractivity contribution < 1.29 is 38.1 Å². The van der Waals surface area contributed by atoms with E-state index in [1.807, 2.05) is 0 Å². The average molecular weight is 1130 g/mol. The van der Waals surface area contributed by atoms with Gasteiger partial charge in [0.05, 0.1) is 13.2 Å². The molecule has 8 rings (SSSR count). The second kappa shape index (κ2) is 28.1. The zero-order valence-corrected chi connectivity index (χ0v) is 53.5.